The second kappa shape index (κ2) is 21.1. The van der Waals surface area contributed by atoms with Gasteiger partial charge in [0.1, 0.15) is 29.2 Å². The van der Waals surface area contributed by atoms with Crippen LogP contribution >= 0.6 is 0 Å². The molecule has 2 bridgehead atoms. The van der Waals surface area contributed by atoms with E-state index in [4.69, 9.17) is 23.9 Å². The lowest BCUT2D eigenvalue weighted by Gasteiger charge is -2.48. The monoisotopic (exact) mass is 871 g/mol. The van der Waals surface area contributed by atoms with E-state index >= 15 is 0 Å². The van der Waals surface area contributed by atoms with Crippen LogP contribution in [-0.2, 0) is 22.6 Å². The lowest BCUT2D eigenvalue weighted by Crippen LogP contribution is -2.54. The minimum absolute atomic E-state index is 0.0290. The fraction of sp³-hybridized carbons (Fsp3) is 0.440. The summed E-state index contributed by atoms with van der Waals surface area (Å²) < 4.78 is 24.9. The molecule has 3 fully saturated rings. The second-order valence-corrected chi connectivity index (χ2v) is 17.0. The number of benzene rings is 4. The van der Waals surface area contributed by atoms with E-state index in [1.54, 1.807) is 17.7 Å². The van der Waals surface area contributed by atoms with Gasteiger partial charge in [0, 0.05) is 57.6 Å². The summed E-state index contributed by atoms with van der Waals surface area (Å²) in [6.07, 6.45) is 5.73. The third kappa shape index (κ3) is 10.9. The number of anilines is 1. The number of ether oxygens (including phenoxy) is 4. The number of nitrogens with one attached hydrogen (secondary N) is 2. The molecule has 2 N–H and O–H groups in total. The predicted octanol–water partition coefficient (Wildman–Crippen LogP) is 6.94. The van der Waals surface area contributed by atoms with Crippen molar-refractivity contribution >= 4 is 28.6 Å². The van der Waals surface area contributed by atoms with Gasteiger partial charge < -0.3 is 29.2 Å². The molecule has 64 heavy (non-hydrogen) atoms. The second-order valence-electron chi connectivity index (χ2n) is 17.0. The molecule has 4 aromatic carbocycles. The van der Waals surface area contributed by atoms with Crippen molar-refractivity contribution in [1.29, 1.82) is 0 Å². The number of rotatable bonds is 17. The normalized spacial score (nSPS) is 19.0. The first-order valence-electron chi connectivity index (χ1n) is 22.8. The van der Waals surface area contributed by atoms with Crippen molar-refractivity contribution in [3.05, 3.63) is 118 Å². The van der Waals surface area contributed by atoms with Crippen LogP contribution in [-0.4, -0.2) is 114 Å². The maximum Gasteiger partial charge on any atom is 0.412 e. The topological polar surface area (TPSA) is 140 Å². The Hall–Kier alpha value is -5.96. The first-order valence-corrected chi connectivity index (χ1v) is 22.8. The van der Waals surface area contributed by atoms with E-state index in [-0.39, 0.29) is 24.2 Å². The van der Waals surface area contributed by atoms with E-state index < -0.39 is 6.09 Å². The number of aryl methyl sites for hydroxylation is 1. The van der Waals surface area contributed by atoms with E-state index in [1.807, 2.05) is 104 Å². The smallest absolute Gasteiger partial charge is 0.412 e. The Kier molecular flexibility index (Phi) is 14.7. The molecule has 0 saturated carbocycles. The SMILES string of the molecule is CCOc1ccccc1-n1c(CN2CCN(C(=O)COc3ccc(CNCCCN4C5CCCC4CC(OC(=O)Nc4cc(C)ccc4OC)C5)cc3)CC2)nc2ccccc2c1=O. The predicted molar refractivity (Wildman–Crippen MR) is 248 cm³/mol. The summed E-state index contributed by atoms with van der Waals surface area (Å²) in [4.78, 5) is 51.6. The quantitative estimate of drug-likeness (QED) is 0.0941. The number of fused-ring (bicyclic) bond motifs is 3. The van der Waals surface area contributed by atoms with E-state index in [9.17, 15) is 14.4 Å². The number of piperazine rings is 1. The summed E-state index contributed by atoms with van der Waals surface area (Å²) in [5.74, 6) is 2.48. The van der Waals surface area contributed by atoms with Crippen molar-refractivity contribution in [1.82, 2.24) is 29.6 Å². The fourth-order valence-electron chi connectivity index (χ4n) is 9.47. The van der Waals surface area contributed by atoms with Crippen LogP contribution in [0.5, 0.6) is 17.2 Å². The molecule has 3 saturated heterocycles. The first kappa shape index (κ1) is 44.6. The number of carbonyl (C=O) groups excluding carboxylic acids is 2. The van der Waals surface area contributed by atoms with Crippen molar-refractivity contribution in [2.45, 2.75) is 83.6 Å². The number of amides is 2. The van der Waals surface area contributed by atoms with Crippen LogP contribution < -0.4 is 30.4 Å². The zero-order chi connectivity index (χ0) is 44.4. The molecule has 14 nitrogen and oxygen atoms in total. The van der Waals surface area contributed by atoms with Crippen molar-refractivity contribution in [3.63, 3.8) is 0 Å². The highest BCUT2D eigenvalue weighted by Gasteiger charge is 2.39. The highest BCUT2D eigenvalue weighted by Crippen LogP contribution is 2.36. The molecule has 5 aromatic rings. The zero-order valence-electron chi connectivity index (χ0n) is 37.3. The standard InChI is InChI=1S/C50H61N7O7/c1-4-62-46-16-8-7-15-44(46)57-47(52-42-14-6-5-13-41(42)49(57)59)33-54-25-27-55(28-26-54)48(58)34-63-39-20-18-36(19-21-39)32-51-23-10-24-56-37-11-9-12-38(56)31-40(30-37)64-50(60)53-43-29-35(2)17-22-45(43)61-3/h5-8,13-22,29,37-38,40,51H,4,9-12,23-28,30-34H2,1-3H3,(H,53,60). The number of para-hydroxylation sites is 3. The third-order valence-electron chi connectivity index (χ3n) is 12.7. The Bertz CT molecular complexity index is 2420. The molecule has 2 amide bonds. The molecule has 4 heterocycles. The zero-order valence-corrected chi connectivity index (χ0v) is 37.3. The minimum atomic E-state index is -0.424. The molecule has 0 radical (unpaired) electrons. The van der Waals surface area contributed by atoms with Crippen LogP contribution in [0.2, 0.25) is 0 Å². The van der Waals surface area contributed by atoms with Gasteiger partial charge in [0.2, 0.25) is 0 Å². The Labute approximate surface area is 375 Å². The molecular weight excluding hydrogens is 811 g/mol. The average Bonchev–Trinajstić information content (AvgIpc) is 3.29. The van der Waals surface area contributed by atoms with Gasteiger partial charge in [-0.3, -0.25) is 29.3 Å². The van der Waals surface area contributed by atoms with Crippen molar-refractivity contribution in [2.24, 2.45) is 0 Å². The number of nitrogens with zero attached hydrogens (tertiary/aromatic N) is 5. The van der Waals surface area contributed by atoms with Gasteiger partial charge in [0.15, 0.2) is 6.61 Å². The maximum atomic E-state index is 13.9. The third-order valence-corrected chi connectivity index (χ3v) is 12.7. The van der Waals surface area contributed by atoms with Crippen LogP contribution in [0, 0.1) is 6.92 Å². The first-order chi connectivity index (χ1) is 31.3. The molecule has 2 unspecified atom stereocenters. The number of aromatic nitrogens is 2. The van der Waals surface area contributed by atoms with E-state index in [2.05, 4.69) is 20.4 Å². The summed E-state index contributed by atoms with van der Waals surface area (Å²) in [6.45, 7) is 9.86. The highest BCUT2D eigenvalue weighted by atomic mass is 16.6. The molecule has 3 aliphatic heterocycles. The largest absolute Gasteiger partial charge is 0.495 e. The fourth-order valence-corrected chi connectivity index (χ4v) is 9.47. The van der Waals surface area contributed by atoms with Crippen molar-refractivity contribution in [2.75, 3.05) is 64.9 Å². The summed E-state index contributed by atoms with van der Waals surface area (Å²) >= 11 is 0. The molecule has 14 heteroatoms. The molecule has 1 aromatic heterocycles. The Morgan fingerprint density at radius 1 is 0.859 bits per heavy atom. The van der Waals surface area contributed by atoms with Crippen LogP contribution in [0.15, 0.2) is 95.8 Å². The lowest BCUT2D eigenvalue weighted by molar-refractivity contribution is -0.135. The number of piperidine rings is 2. The van der Waals surface area contributed by atoms with Crippen LogP contribution in [0.25, 0.3) is 16.6 Å². The number of carbonyl (C=O) groups is 2. The van der Waals surface area contributed by atoms with E-state index in [1.165, 1.54) is 6.42 Å². The van der Waals surface area contributed by atoms with Gasteiger partial charge in [-0.05, 0) is 106 Å². The molecule has 8 rings (SSSR count). The summed E-state index contributed by atoms with van der Waals surface area (Å²) in [5.41, 5.74) is 4.00. The van der Waals surface area contributed by atoms with Crippen LogP contribution in [0.1, 0.15) is 62.4 Å². The highest BCUT2D eigenvalue weighted by molar-refractivity contribution is 5.87. The molecule has 338 valence electrons. The minimum Gasteiger partial charge on any atom is -0.495 e. The summed E-state index contributed by atoms with van der Waals surface area (Å²) in [6, 6.07) is 29.5. The number of methoxy groups -OCH3 is 1. The number of hydrogen-bond donors (Lipinski definition) is 2. The van der Waals surface area contributed by atoms with Gasteiger partial charge in [-0.1, -0.05) is 48.9 Å². The van der Waals surface area contributed by atoms with Crippen LogP contribution in [0.4, 0.5) is 10.5 Å². The Morgan fingerprint density at radius 2 is 1.61 bits per heavy atom. The Morgan fingerprint density at radius 3 is 2.38 bits per heavy atom. The van der Waals surface area contributed by atoms with E-state index in [0.717, 1.165) is 62.9 Å². The molecule has 0 spiro atoms. The maximum absolute atomic E-state index is 13.9. The molecule has 3 aliphatic rings. The van der Waals surface area contributed by atoms with Crippen molar-refractivity contribution < 1.29 is 28.5 Å². The number of hydrogen-bond acceptors (Lipinski definition) is 11. The Balaban J connectivity index is 0.746. The van der Waals surface area contributed by atoms with Gasteiger partial charge in [0.05, 0.1) is 42.5 Å². The molecule has 0 aliphatic carbocycles. The molecule has 2 atom stereocenters. The van der Waals surface area contributed by atoms with Crippen molar-refractivity contribution in [3.8, 4) is 22.9 Å². The average molecular weight is 872 g/mol. The van der Waals surface area contributed by atoms with Crippen LogP contribution in [0.3, 0.4) is 0 Å². The lowest BCUT2D eigenvalue weighted by atomic mass is 9.82. The van der Waals surface area contributed by atoms with Gasteiger partial charge in [0.25, 0.3) is 11.5 Å². The summed E-state index contributed by atoms with van der Waals surface area (Å²) in [7, 11) is 1.60. The summed E-state index contributed by atoms with van der Waals surface area (Å²) in [5, 5.41) is 7.03. The van der Waals surface area contributed by atoms with Gasteiger partial charge in [-0.2, -0.15) is 0 Å². The van der Waals surface area contributed by atoms with Gasteiger partial charge >= 0.3 is 6.09 Å². The van der Waals surface area contributed by atoms with Gasteiger partial charge in [-0.25, -0.2) is 9.78 Å². The van der Waals surface area contributed by atoms with Gasteiger partial charge in [-0.15, -0.1) is 0 Å². The van der Waals surface area contributed by atoms with E-state index in [0.29, 0.717) is 96.8 Å². The molecular formula is C50H61N7O7.